The van der Waals surface area contributed by atoms with E-state index >= 15 is 0 Å². The summed E-state index contributed by atoms with van der Waals surface area (Å²) in [5, 5.41) is 0. The summed E-state index contributed by atoms with van der Waals surface area (Å²) >= 11 is 1.64. The van der Waals surface area contributed by atoms with Crippen molar-refractivity contribution in [2.24, 2.45) is 0 Å². The van der Waals surface area contributed by atoms with E-state index in [1.807, 2.05) is 6.92 Å². The number of Topliss-reactive ketones (excluding diaryl/α,β-unsaturated/α-hetero) is 1. The van der Waals surface area contributed by atoms with Gasteiger partial charge in [0.05, 0.1) is 4.88 Å². The van der Waals surface area contributed by atoms with Crippen molar-refractivity contribution in [2.75, 3.05) is 0 Å². The van der Waals surface area contributed by atoms with Crippen molar-refractivity contribution in [1.82, 2.24) is 0 Å². The van der Waals surface area contributed by atoms with Gasteiger partial charge in [0.2, 0.25) is 0 Å². The summed E-state index contributed by atoms with van der Waals surface area (Å²) in [6.45, 7) is 6.28. The topological polar surface area (TPSA) is 17.1 Å². The van der Waals surface area contributed by atoms with Gasteiger partial charge in [0.25, 0.3) is 0 Å². The van der Waals surface area contributed by atoms with Gasteiger partial charge in [-0.05, 0) is 31.9 Å². The molecule has 0 bridgehead atoms. The molecule has 0 spiro atoms. The number of rotatable bonds is 6. The molecule has 2 heteroatoms. The molecule has 0 unspecified atom stereocenters. The van der Waals surface area contributed by atoms with Gasteiger partial charge in [0, 0.05) is 11.3 Å². The van der Waals surface area contributed by atoms with Gasteiger partial charge < -0.3 is 0 Å². The van der Waals surface area contributed by atoms with Crippen LogP contribution in [0.1, 0.15) is 59.1 Å². The van der Waals surface area contributed by atoms with Crippen LogP contribution in [0.4, 0.5) is 0 Å². The molecule has 0 N–H and O–H groups in total. The number of ketones is 1. The zero-order valence-electron chi connectivity index (χ0n) is 9.93. The molecular formula is C13H20OS. The first-order valence-corrected chi connectivity index (χ1v) is 6.57. The van der Waals surface area contributed by atoms with Crippen LogP contribution < -0.4 is 0 Å². The molecule has 0 amide bonds. The second kappa shape index (κ2) is 6.06. The van der Waals surface area contributed by atoms with Crippen molar-refractivity contribution in [3.05, 3.63) is 21.4 Å². The molecule has 0 fully saturated rings. The Balaban J connectivity index is 2.43. The molecule has 1 rings (SSSR count). The number of aryl methyl sites for hydroxylation is 2. The molecule has 0 atom stereocenters. The molecule has 84 valence electrons. The molecule has 0 aliphatic carbocycles. The third-order valence-electron chi connectivity index (χ3n) is 2.55. The van der Waals surface area contributed by atoms with E-state index in [9.17, 15) is 4.79 Å². The highest BCUT2D eigenvalue weighted by Crippen LogP contribution is 2.23. The Kier molecular flexibility index (Phi) is 5.03. The minimum atomic E-state index is 0.335. The number of unbranched alkanes of at least 4 members (excludes halogenated alkanes) is 3. The maximum atomic E-state index is 11.9. The second-order valence-electron chi connectivity index (χ2n) is 4.10. The highest BCUT2D eigenvalue weighted by Gasteiger charge is 2.11. The van der Waals surface area contributed by atoms with Crippen molar-refractivity contribution in [2.45, 2.75) is 52.9 Å². The zero-order chi connectivity index (χ0) is 11.3. The lowest BCUT2D eigenvalue weighted by Gasteiger charge is -1.99. The van der Waals surface area contributed by atoms with Gasteiger partial charge >= 0.3 is 0 Å². The summed E-state index contributed by atoms with van der Waals surface area (Å²) in [5.74, 6) is 0.335. The van der Waals surface area contributed by atoms with Crippen molar-refractivity contribution >= 4 is 17.1 Å². The van der Waals surface area contributed by atoms with Gasteiger partial charge in [0.15, 0.2) is 5.78 Å². The molecular weight excluding hydrogens is 204 g/mol. The fourth-order valence-corrected chi connectivity index (χ4v) is 2.74. The Hall–Kier alpha value is -0.630. The molecule has 0 aromatic carbocycles. The van der Waals surface area contributed by atoms with E-state index in [-0.39, 0.29) is 0 Å². The van der Waals surface area contributed by atoms with E-state index in [4.69, 9.17) is 0 Å². The number of carbonyl (C=O) groups is 1. The van der Waals surface area contributed by atoms with Gasteiger partial charge in [-0.2, -0.15) is 0 Å². The van der Waals surface area contributed by atoms with Gasteiger partial charge in [0.1, 0.15) is 0 Å². The maximum Gasteiger partial charge on any atom is 0.173 e. The van der Waals surface area contributed by atoms with Crippen LogP contribution in [0.2, 0.25) is 0 Å². The number of hydrogen-bond acceptors (Lipinski definition) is 2. The van der Waals surface area contributed by atoms with Gasteiger partial charge in [-0.1, -0.05) is 26.2 Å². The van der Waals surface area contributed by atoms with Crippen LogP contribution in [-0.2, 0) is 0 Å². The fourth-order valence-electron chi connectivity index (χ4n) is 1.74. The lowest BCUT2D eigenvalue weighted by atomic mass is 10.1. The van der Waals surface area contributed by atoms with Crippen LogP contribution in [0.3, 0.4) is 0 Å². The summed E-state index contributed by atoms with van der Waals surface area (Å²) in [4.78, 5) is 14.1. The summed E-state index contributed by atoms with van der Waals surface area (Å²) in [6.07, 6.45) is 5.43. The van der Waals surface area contributed by atoms with Crippen LogP contribution in [-0.4, -0.2) is 5.78 Å². The summed E-state index contributed by atoms with van der Waals surface area (Å²) in [6, 6.07) is 2.10. The molecule has 0 saturated carbocycles. The fraction of sp³-hybridized carbons (Fsp3) is 0.615. The van der Waals surface area contributed by atoms with E-state index in [2.05, 4.69) is 19.9 Å². The molecule has 1 heterocycles. The van der Waals surface area contributed by atoms with E-state index in [0.29, 0.717) is 5.78 Å². The summed E-state index contributed by atoms with van der Waals surface area (Å²) in [7, 11) is 0. The predicted molar refractivity (Wildman–Crippen MR) is 66.9 cm³/mol. The monoisotopic (exact) mass is 224 g/mol. The Labute approximate surface area is 96.5 Å². The van der Waals surface area contributed by atoms with Gasteiger partial charge in [-0.15, -0.1) is 11.3 Å². The van der Waals surface area contributed by atoms with Crippen LogP contribution in [0.25, 0.3) is 0 Å². The third-order valence-corrected chi connectivity index (χ3v) is 3.75. The van der Waals surface area contributed by atoms with Crippen molar-refractivity contribution in [3.8, 4) is 0 Å². The quantitative estimate of drug-likeness (QED) is 0.513. The van der Waals surface area contributed by atoms with Gasteiger partial charge in [-0.25, -0.2) is 0 Å². The van der Waals surface area contributed by atoms with Gasteiger partial charge in [-0.3, -0.25) is 4.79 Å². The third kappa shape index (κ3) is 3.78. The molecule has 0 saturated heterocycles. The standard InChI is InChI=1S/C13H20OS/c1-4-5-6-7-8-12(14)13-10(2)9-11(3)15-13/h9H,4-8H2,1-3H3. The highest BCUT2D eigenvalue weighted by atomic mass is 32.1. The SMILES string of the molecule is CCCCCCC(=O)c1sc(C)cc1C. The van der Waals surface area contributed by atoms with Crippen molar-refractivity contribution < 1.29 is 4.79 Å². The average molecular weight is 224 g/mol. The lowest BCUT2D eigenvalue weighted by molar-refractivity contribution is 0.0982. The minimum Gasteiger partial charge on any atom is -0.293 e. The Morgan fingerprint density at radius 3 is 2.53 bits per heavy atom. The predicted octanol–water partition coefficient (Wildman–Crippen LogP) is 4.52. The second-order valence-corrected chi connectivity index (χ2v) is 5.36. The maximum absolute atomic E-state index is 11.9. The first-order chi connectivity index (χ1) is 7.15. The first-order valence-electron chi connectivity index (χ1n) is 5.75. The molecule has 15 heavy (non-hydrogen) atoms. The Morgan fingerprint density at radius 1 is 1.27 bits per heavy atom. The number of carbonyl (C=O) groups excluding carboxylic acids is 1. The average Bonchev–Trinajstić information content (AvgIpc) is 2.52. The van der Waals surface area contributed by atoms with Crippen LogP contribution in [0.5, 0.6) is 0 Å². The Bertz CT molecular complexity index is 325. The smallest absolute Gasteiger partial charge is 0.173 e. The molecule has 1 aromatic rings. The van der Waals surface area contributed by atoms with Crippen molar-refractivity contribution in [3.63, 3.8) is 0 Å². The zero-order valence-corrected chi connectivity index (χ0v) is 10.7. The lowest BCUT2D eigenvalue weighted by Crippen LogP contribution is -1.97. The van der Waals surface area contributed by atoms with Crippen molar-refractivity contribution in [1.29, 1.82) is 0 Å². The summed E-state index contributed by atoms with van der Waals surface area (Å²) in [5.41, 5.74) is 1.15. The van der Waals surface area contributed by atoms with Crippen LogP contribution in [0.15, 0.2) is 6.07 Å². The van der Waals surface area contributed by atoms with E-state index < -0.39 is 0 Å². The molecule has 1 aromatic heterocycles. The van der Waals surface area contributed by atoms with E-state index in [0.717, 1.165) is 23.3 Å². The number of hydrogen-bond donors (Lipinski definition) is 0. The summed E-state index contributed by atoms with van der Waals surface area (Å²) < 4.78 is 0. The number of thiophene rings is 1. The Morgan fingerprint density at radius 2 is 2.00 bits per heavy atom. The molecule has 1 nitrogen and oxygen atoms in total. The first kappa shape index (κ1) is 12.4. The molecule has 0 aliphatic rings. The normalized spacial score (nSPS) is 10.6. The van der Waals surface area contributed by atoms with E-state index in [1.54, 1.807) is 11.3 Å². The molecule has 0 radical (unpaired) electrons. The largest absolute Gasteiger partial charge is 0.293 e. The molecule has 0 aliphatic heterocycles. The minimum absolute atomic E-state index is 0.335. The van der Waals surface area contributed by atoms with Crippen LogP contribution in [0, 0.1) is 13.8 Å². The van der Waals surface area contributed by atoms with E-state index in [1.165, 1.54) is 24.1 Å². The highest BCUT2D eigenvalue weighted by molar-refractivity contribution is 7.14. The van der Waals surface area contributed by atoms with Crippen LogP contribution >= 0.6 is 11.3 Å².